The lowest BCUT2D eigenvalue weighted by atomic mass is 10.2. The van der Waals surface area contributed by atoms with Gasteiger partial charge >= 0.3 is 0 Å². The van der Waals surface area contributed by atoms with Gasteiger partial charge in [-0.3, -0.25) is 0 Å². The second-order valence-electron chi connectivity index (χ2n) is 2.54. The lowest BCUT2D eigenvalue weighted by molar-refractivity contribution is 0.163. The van der Waals surface area contributed by atoms with E-state index < -0.39 is 0 Å². The van der Waals surface area contributed by atoms with Gasteiger partial charge < -0.3 is 15.5 Å². The first-order chi connectivity index (χ1) is 4.74. The first kappa shape index (κ1) is 9.88. The molecule has 0 aromatic heterocycles. The van der Waals surface area contributed by atoms with Gasteiger partial charge in [-0.2, -0.15) is 0 Å². The average Bonchev–Trinajstić information content (AvgIpc) is 1.99. The van der Waals surface area contributed by atoms with Crippen LogP contribution < -0.4 is 5.32 Å². The molecule has 0 aromatic carbocycles. The van der Waals surface area contributed by atoms with Crippen LogP contribution in [0.4, 0.5) is 0 Å². The SMILES string of the molecule is CC[C@H](C)NC(CO)CO. The summed E-state index contributed by atoms with van der Waals surface area (Å²) in [7, 11) is 0. The molecule has 0 saturated carbocycles. The molecule has 62 valence electrons. The number of nitrogens with one attached hydrogen (secondary N) is 1. The Bertz CT molecular complexity index is 74.0. The van der Waals surface area contributed by atoms with Crippen LogP contribution in [0.25, 0.3) is 0 Å². The molecule has 0 aliphatic carbocycles. The van der Waals surface area contributed by atoms with E-state index in [9.17, 15) is 0 Å². The summed E-state index contributed by atoms with van der Waals surface area (Å²) in [5.74, 6) is 0. The largest absolute Gasteiger partial charge is 0.395 e. The van der Waals surface area contributed by atoms with E-state index in [2.05, 4.69) is 12.2 Å². The molecule has 0 spiro atoms. The summed E-state index contributed by atoms with van der Waals surface area (Å²) in [4.78, 5) is 0. The molecule has 0 rings (SSSR count). The molecule has 1 atom stereocenters. The molecule has 0 amide bonds. The molecule has 3 N–H and O–H groups in total. The van der Waals surface area contributed by atoms with E-state index in [1.54, 1.807) is 0 Å². The molecule has 0 radical (unpaired) electrons. The van der Waals surface area contributed by atoms with E-state index in [1.165, 1.54) is 0 Å². The molecule has 0 aromatic rings. The summed E-state index contributed by atoms with van der Waals surface area (Å²) < 4.78 is 0. The van der Waals surface area contributed by atoms with E-state index in [0.717, 1.165) is 6.42 Å². The van der Waals surface area contributed by atoms with E-state index in [0.29, 0.717) is 6.04 Å². The lowest BCUT2D eigenvalue weighted by Crippen LogP contribution is -2.41. The third kappa shape index (κ3) is 3.82. The van der Waals surface area contributed by atoms with Crippen molar-refractivity contribution in [2.45, 2.75) is 32.4 Å². The van der Waals surface area contributed by atoms with Crippen LogP contribution in [0.2, 0.25) is 0 Å². The predicted molar refractivity (Wildman–Crippen MR) is 40.8 cm³/mol. The van der Waals surface area contributed by atoms with Gasteiger partial charge in [-0.25, -0.2) is 0 Å². The maximum absolute atomic E-state index is 8.65. The van der Waals surface area contributed by atoms with Crippen molar-refractivity contribution in [3.63, 3.8) is 0 Å². The van der Waals surface area contributed by atoms with Crippen LogP contribution in [0.1, 0.15) is 20.3 Å². The van der Waals surface area contributed by atoms with E-state index >= 15 is 0 Å². The maximum atomic E-state index is 8.65. The van der Waals surface area contributed by atoms with Crippen LogP contribution in [0.5, 0.6) is 0 Å². The summed E-state index contributed by atoms with van der Waals surface area (Å²) in [5.41, 5.74) is 0. The monoisotopic (exact) mass is 147 g/mol. The molecular formula is C7H17NO2. The number of aliphatic hydroxyl groups is 2. The highest BCUT2D eigenvalue weighted by Crippen LogP contribution is 1.90. The minimum Gasteiger partial charge on any atom is -0.395 e. The summed E-state index contributed by atoms with van der Waals surface area (Å²) in [5, 5.41) is 20.4. The Kier molecular flexibility index (Phi) is 5.58. The fraction of sp³-hybridized carbons (Fsp3) is 1.00. The number of aliphatic hydroxyl groups excluding tert-OH is 2. The highest BCUT2D eigenvalue weighted by molar-refractivity contribution is 4.67. The minimum atomic E-state index is -0.157. The number of hydrogen-bond acceptors (Lipinski definition) is 3. The Morgan fingerprint density at radius 1 is 1.30 bits per heavy atom. The first-order valence-electron chi connectivity index (χ1n) is 3.72. The average molecular weight is 147 g/mol. The normalized spacial score (nSPS) is 14.1. The Hall–Kier alpha value is -0.120. The molecule has 0 aliphatic rings. The molecule has 3 heteroatoms. The Morgan fingerprint density at radius 3 is 2.10 bits per heavy atom. The second-order valence-corrected chi connectivity index (χ2v) is 2.54. The van der Waals surface area contributed by atoms with Crippen LogP contribution in [0.3, 0.4) is 0 Å². The molecule has 0 unspecified atom stereocenters. The van der Waals surface area contributed by atoms with Crippen LogP contribution in [0, 0.1) is 0 Å². The van der Waals surface area contributed by atoms with Crippen LogP contribution in [0.15, 0.2) is 0 Å². The zero-order valence-corrected chi connectivity index (χ0v) is 6.67. The van der Waals surface area contributed by atoms with E-state index in [4.69, 9.17) is 10.2 Å². The summed E-state index contributed by atoms with van der Waals surface area (Å²) >= 11 is 0. The Morgan fingerprint density at radius 2 is 1.80 bits per heavy atom. The number of hydrogen-bond donors (Lipinski definition) is 3. The fourth-order valence-corrected chi connectivity index (χ4v) is 0.683. The van der Waals surface area contributed by atoms with Gasteiger partial charge in [0.05, 0.1) is 19.3 Å². The van der Waals surface area contributed by atoms with Crippen molar-refractivity contribution >= 4 is 0 Å². The van der Waals surface area contributed by atoms with Gasteiger partial charge in [0.1, 0.15) is 0 Å². The lowest BCUT2D eigenvalue weighted by Gasteiger charge is -2.17. The van der Waals surface area contributed by atoms with Gasteiger partial charge in [0.2, 0.25) is 0 Å². The molecule has 0 saturated heterocycles. The van der Waals surface area contributed by atoms with Gasteiger partial charge in [-0.15, -0.1) is 0 Å². The molecule has 0 heterocycles. The van der Waals surface area contributed by atoms with Gasteiger partial charge in [-0.05, 0) is 13.3 Å². The Balaban J connectivity index is 3.41. The van der Waals surface area contributed by atoms with Crippen molar-refractivity contribution in [2.24, 2.45) is 0 Å². The van der Waals surface area contributed by atoms with Crippen molar-refractivity contribution in [1.82, 2.24) is 5.32 Å². The van der Waals surface area contributed by atoms with Crippen molar-refractivity contribution in [3.8, 4) is 0 Å². The maximum Gasteiger partial charge on any atom is 0.0607 e. The molecule has 0 fully saturated rings. The van der Waals surface area contributed by atoms with Gasteiger partial charge in [0, 0.05) is 6.04 Å². The predicted octanol–water partition coefficient (Wildman–Crippen LogP) is -0.272. The van der Waals surface area contributed by atoms with Crippen LogP contribution >= 0.6 is 0 Å². The van der Waals surface area contributed by atoms with Gasteiger partial charge in [-0.1, -0.05) is 6.92 Å². The second kappa shape index (κ2) is 5.65. The van der Waals surface area contributed by atoms with Crippen molar-refractivity contribution in [3.05, 3.63) is 0 Å². The fourth-order valence-electron chi connectivity index (χ4n) is 0.683. The standard InChI is InChI=1S/C7H17NO2/c1-3-6(2)8-7(4-9)5-10/h6-10H,3-5H2,1-2H3/t6-/m0/s1. The third-order valence-electron chi connectivity index (χ3n) is 1.57. The van der Waals surface area contributed by atoms with E-state index in [-0.39, 0.29) is 19.3 Å². The zero-order valence-electron chi connectivity index (χ0n) is 6.67. The quantitative estimate of drug-likeness (QED) is 0.501. The smallest absolute Gasteiger partial charge is 0.0607 e. The molecule has 0 bridgehead atoms. The van der Waals surface area contributed by atoms with Crippen molar-refractivity contribution in [1.29, 1.82) is 0 Å². The highest BCUT2D eigenvalue weighted by Gasteiger charge is 2.06. The summed E-state index contributed by atoms with van der Waals surface area (Å²) in [6.07, 6.45) is 1.01. The summed E-state index contributed by atoms with van der Waals surface area (Å²) in [6.45, 7) is 4.09. The highest BCUT2D eigenvalue weighted by atomic mass is 16.3. The topological polar surface area (TPSA) is 52.5 Å². The Labute approximate surface area is 62.1 Å². The molecule has 0 aliphatic heterocycles. The zero-order chi connectivity index (χ0) is 7.98. The van der Waals surface area contributed by atoms with E-state index in [1.807, 2.05) is 6.92 Å². The van der Waals surface area contributed by atoms with Crippen LogP contribution in [-0.4, -0.2) is 35.5 Å². The molecule has 3 nitrogen and oxygen atoms in total. The van der Waals surface area contributed by atoms with Crippen molar-refractivity contribution in [2.75, 3.05) is 13.2 Å². The van der Waals surface area contributed by atoms with Gasteiger partial charge in [0.25, 0.3) is 0 Å². The summed E-state index contributed by atoms with van der Waals surface area (Å²) in [6, 6.07) is 0.208. The molecule has 10 heavy (non-hydrogen) atoms. The number of rotatable bonds is 5. The van der Waals surface area contributed by atoms with Crippen LogP contribution in [-0.2, 0) is 0 Å². The van der Waals surface area contributed by atoms with Gasteiger partial charge in [0.15, 0.2) is 0 Å². The molecular weight excluding hydrogens is 130 g/mol. The van der Waals surface area contributed by atoms with Crippen molar-refractivity contribution < 1.29 is 10.2 Å². The minimum absolute atomic E-state index is 0.000833. The third-order valence-corrected chi connectivity index (χ3v) is 1.57. The first-order valence-corrected chi connectivity index (χ1v) is 3.72.